The minimum absolute atomic E-state index is 0.0291. The predicted octanol–water partition coefficient (Wildman–Crippen LogP) is 3.85. The first kappa shape index (κ1) is 21.7. The van der Waals surface area contributed by atoms with E-state index in [1.54, 1.807) is 13.8 Å². The average molecular weight is 444 g/mol. The van der Waals surface area contributed by atoms with Crippen molar-refractivity contribution in [3.8, 4) is 0 Å². The molecule has 2 saturated heterocycles. The van der Waals surface area contributed by atoms with E-state index in [1.807, 2.05) is 31.2 Å². The van der Waals surface area contributed by atoms with Crippen LogP contribution in [0, 0.1) is 13.8 Å². The molecule has 0 saturated carbocycles. The number of piperidine rings is 1. The molecule has 0 unspecified atom stereocenters. The highest BCUT2D eigenvalue weighted by atomic mass is 32.2. The predicted molar refractivity (Wildman–Crippen MR) is 121 cm³/mol. The molecule has 4 rings (SSSR count). The van der Waals surface area contributed by atoms with E-state index in [1.165, 1.54) is 0 Å². The Hall–Kier alpha value is -2.52. The van der Waals surface area contributed by atoms with Crippen LogP contribution < -0.4 is 0 Å². The van der Waals surface area contributed by atoms with Crippen LogP contribution in [0.2, 0.25) is 0 Å². The summed E-state index contributed by atoms with van der Waals surface area (Å²) in [7, 11) is -3.44. The zero-order chi connectivity index (χ0) is 22.2. The second kappa shape index (κ2) is 8.55. The Kier molecular flexibility index (Phi) is 5.98. The fourth-order valence-electron chi connectivity index (χ4n) is 4.92. The van der Waals surface area contributed by atoms with Gasteiger partial charge in [-0.1, -0.05) is 12.1 Å². The highest BCUT2D eigenvalue weighted by molar-refractivity contribution is 7.91. The molecular formula is C22H29N5O3S. The van der Waals surface area contributed by atoms with E-state index < -0.39 is 9.84 Å². The number of aromatic amines is 1. The smallest absolute Gasteiger partial charge is 0.195 e. The van der Waals surface area contributed by atoms with Crippen molar-refractivity contribution in [1.29, 1.82) is 0 Å². The Balaban J connectivity index is 1.44. The Bertz CT molecular complexity index is 1070. The standard InChI is InChI=1S/C22H29N5O3S/c1-14-22(15(2)26-25-14)31(28,29)13-27-17-9-10-18(27)12-19(11-17)30-16(3)24-21-8-6-5-7-20(21)23-4/h5-8,17-19H,4,9-13H2,1-3H3,(H,25,26)/b24-16+/t17-,18+,19-. The van der Waals surface area contributed by atoms with Gasteiger partial charge in [0.2, 0.25) is 0 Å². The molecule has 2 aliphatic rings. The van der Waals surface area contributed by atoms with Gasteiger partial charge in [0.15, 0.2) is 15.7 Å². The lowest BCUT2D eigenvalue weighted by molar-refractivity contribution is 0.0534. The lowest BCUT2D eigenvalue weighted by Gasteiger charge is -2.38. The maximum atomic E-state index is 13.1. The highest BCUT2D eigenvalue weighted by Crippen LogP contribution is 2.38. The van der Waals surface area contributed by atoms with Gasteiger partial charge < -0.3 is 4.74 Å². The van der Waals surface area contributed by atoms with Crippen molar-refractivity contribution in [2.45, 2.75) is 69.5 Å². The number of hydrogen-bond acceptors (Lipinski definition) is 7. The van der Waals surface area contributed by atoms with Gasteiger partial charge in [-0.05, 0) is 58.4 Å². The number of benzene rings is 1. The largest absolute Gasteiger partial charge is 0.478 e. The Morgan fingerprint density at radius 1 is 1.23 bits per heavy atom. The summed E-state index contributed by atoms with van der Waals surface area (Å²) in [4.78, 5) is 11.0. The van der Waals surface area contributed by atoms with Crippen molar-refractivity contribution in [2.24, 2.45) is 9.98 Å². The van der Waals surface area contributed by atoms with E-state index in [0.29, 0.717) is 22.2 Å². The summed E-state index contributed by atoms with van der Waals surface area (Å²) < 4.78 is 32.3. The number of hydrogen-bond donors (Lipinski definition) is 1. The monoisotopic (exact) mass is 443 g/mol. The molecule has 8 nitrogen and oxygen atoms in total. The van der Waals surface area contributed by atoms with E-state index in [9.17, 15) is 8.42 Å². The van der Waals surface area contributed by atoms with Gasteiger partial charge >= 0.3 is 0 Å². The van der Waals surface area contributed by atoms with Gasteiger partial charge in [-0.2, -0.15) is 5.10 Å². The van der Waals surface area contributed by atoms with Gasteiger partial charge in [-0.15, -0.1) is 0 Å². The lowest BCUT2D eigenvalue weighted by Crippen LogP contribution is -2.47. The third-order valence-electron chi connectivity index (χ3n) is 6.20. The van der Waals surface area contributed by atoms with Gasteiger partial charge in [0, 0.05) is 19.0 Å². The van der Waals surface area contributed by atoms with Crippen LogP contribution in [0.5, 0.6) is 0 Å². The van der Waals surface area contributed by atoms with Gasteiger partial charge in [-0.25, -0.2) is 13.4 Å². The van der Waals surface area contributed by atoms with Gasteiger partial charge in [0.1, 0.15) is 16.9 Å². The topological polar surface area (TPSA) is 100 Å². The SMILES string of the molecule is C=Nc1ccccc1/N=C(\C)O[C@@H]1C[C@H]2CC[C@@H](C1)N2CS(=O)(=O)c1c(C)n[nH]c1C. The molecule has 0 radical (unpaired) electrons. The summed E-state index contributed by atoms with van der Waals surface area (Å²) in [6.07, 6.45) is 3.60. The number of aryl methyl sites for hydroxylation is 2. The van der Waals surface area contributed by atoms with Gasteiger partial charge in [0.05, 0.1) is 22.8 Å². The van der Waals surface area contributed by atoms with Crippen LogP contribution in [0.1, 0.15) is 44.0 Å². The Labute approximate surface area is 183 Å². The number of H-pyrrole nitrogens is 1. The van der Waals surface area contributed by atoms with Crippen LogP contribution in [0.25, 0.3) is 0 Å². The van der Waals surface area contributed by atoms with E-state index in [0.717, 1.165) is 37.1 Å². The van der Waals surface area contributed by atoms with Crippen LogP contribution in [-0.2, 0) is 14.6 Å². The Morgan fingerprint density at radius 3 is 2.45 bits per heavy atom. The van der Waals surface area contributed by atoms with E-state index in [4.69, 9.17) is 4.74 Å². The number of rotatable bonds is 6. The number of sulfone groups is 1. The first-order valence-electron chi connectivity index (χ1n) is 10.6. The number of fused-ring (bicyclic) bond motifs is 2. The summed E-state index contributed by atoms with van der Waals surface area (Å²) >= 11 is 0. The fraction of sp³-hybridized carbons (Fsp3) is 0.500. The third kappa shape index (κ3) is 4.43. The zero-order valence-electron chi connectivity index (χ0n) is 18.2. The number of para-hydroxylation sites is 2. The highest BCUT2D eigenvalue weighted by Gasteiger charge is 2.44. The molecule has 2 aromatic rings. The van der Waals surface area contributed by atoms with Crippen molar-refractivity contribution in [2.75, 3.05) is 5.88 Å². The van der Waals surface area contributed by atoms with E-state index in [-0.39, 0.29) is 24.1 Å². The van der Waals surface area contributed by atoms with E-state index in [2.05, 4.69) is 31.8 Å². The summed E-state index contributed by atoms with van der Waals surface area (Å²) in [6, 6.07) is 7.94. The summed E-state index contributed by atoms with van der Waals surface area (Å²) in [5.74, 6) is 0.619. The molecule has 0 spiro atoms. The van der Waals surface area contributed by atoms with Crippen LogP contribution in [0.15, 0.2) is 39.1 Å². The molecule has 0 amide bonds. The second-order valence-electron chi connectivity index (χ2n) is 8.40. The van der Waals surface area contributed by atoms with Gasteiger partial charge in [0.25, 0.3) is 0 Å². The van der Waals surface area contributed by atoms with Crippen LogP contribution in [0.4, 0.5) is 11.4 Å². The molecule has 0 aliphatic carbocycles. The molecule has 166 valence electrons. The normalized spacial score (nSPS) is 24.4. The zero-order valence-corrected chi connectivity index (χ0v) is 19.0. The molecule has 1 aromatic heterocycles. The third-order valence-corrected chi connectivity index (χ3v) is 8.06. The molecule has 3 heterocycles. The van der Waals surface area contributed by atoms with Crippen molar-refractivity contribution >= 4 is 33.8 Å². The van der Waals surface area contributed by atoms with Crippen molar-refractivity contribution in [3.05, 3.63) is 35.7 Å². The van der Waals surface area contributed by atoms with Crippen molar-refractivity contribution in [1.82, 2.24) is 15.1 Å². The minimum Gasteiger partial charge on any atom is -0.478 e. The number of aromatic nitrogens is 2. The minimum atomic E-state index is -3.44. The molecule has 3 atom stereocenters. The number of ether oxygens (including phenoxy) is 1. The molecule has 31 heavy (non-hydrogen) atoms. The number of nitrogens with zero attached hydrogens (tertiary/aromatic N) is 4. The van der Waals surface area contributed by atoms with Crippen molar-refractivity contribution < 1.29 is 13.2 Å². The molecule has 1 aromatic carbocycles. The molecule has 2 bridgehead atoms. The van der Waals surface area contributed by atoms with Gasteiger partial charge in [-0.3, -0.25) is 15.0 Å². The summed E-state index contributed by atoms with van der Waals surface area (Å²) in [5, 5.41) is 6.84. The number of aliphatic imine (C=N–C) groups is 2. The number of nitrogens with one attached hydrogen (secondary N) is 1. The fourth-order valence-corrected chi connectivity index (χ4v) is 6.87. The quantitative estimate of drug-likeness (QED) is 0.540. The van der Waals surface area contributed by atoms with Crippen molar-refractivity contribution in [3.63, 3.8) is 0 Å². The summed E-state index contributed by atoms with van der Waals surface area (Å²) in [5.41, 5.74) is 2.58. The molecule has 9 heteroatoms. The first-order chi connectivity index (χ1) is 14.8. The molecular weight excluding hydrogens is 414 g/mol. The molecule has 1 N–H and O–H groups in total. The van der Waals surface area contributed by atoms with E-state index >= 15 is 0 Å². The molecule has 2 aliphatic heterocycles. The average Bonchev–Trinajstić information content (AvgIpc) is 3.16. The molecule has 2 fully saturated rings. The van der Waals surface area contributed by atoms with Crippen LogP contribution >= 0.6 is 0 Å². The Morgan fingerprint density at radius 2 is 1.87 bits per heavy atom. The first-order valence-corrected chi connectivity index (χ1v) is 12.2. The van der Waals surface area contributed by atoms with Crippen LogP contribution in [0.3, 0.4) is 0 Å². The maximum absolute atomic E-state index is 13.1. The second-order valence-corrected chi connectivity index (χ2v) is 10.3. The summed E-state index contributed by atoms with van der Waals surface area (Å²) in [6.45, 7) is 8.92. The maximum Gasteiger partial charge on any atom is 0.195 e. The lowest BCUT2D eigenvalue weighted by atomic mass is 10.0. The van der Waals surface area contributed by atoms with Crippen LogP contribution in [-0.4, -0.2) is 60.2 Å².